The monoisotopic (exact) mass is 332 g/mol. The number of benzene rings is 1. The van der Waals surface area contributed by atoms with Crippen molar-refractivity contribution in [1.82, 2.24) is 4.98 Å². The van der Waals surface area contributed by atoms with Crippen molar-refractivity contribution < 1.29 is 5.11 Å². The third kappa shape index (κ3) is 3.69. The first kappa shape index (κ1) is 17.8. The molecule has 0 radical (unpaired) electrons. The van der Waals surface area contributed by atoms with E-state index in [1.54, 1.807) is 11.3 Å². The van der Waals surface area contributed by atoms with E-state index in [9.17, 15) is 5.11 Å². The van der Waals surface area contributed by atoms with Crippen molar-refractivity contribution in [2.45, 2.75) is 52.4 Å². The van der Waals surface area contributed by atoms with Gasteiger partial charge in [0.2, 0.25) is 0 Å². The molecule has 3 nitrogen and oxygen atoms in total. The van der Waals surface area contributed by atoms with Crippen molar-refractivity contribution in [2.24, 2.45) is 0 Å². The number of nitrogens with zero attached hydrogens (tertiary/aromatic N) is 2. The maximum Gasteiger partial charge on any atom is 0.185 e. The van der Waals surface area contributed by atoms with Gasteiger partial charge in [-0.15, -0.1) is 11.3 Å². The van der Waals surface area contributed by atoms with E-state index < -0.39 is 0 Å². The van der Waals surface area contributed by atoms with E-state index in [1.165, 1.54) is 0 Å². The highest BCUT2D eigenvalue weighted by molar-refractivity contribution is 7.14. The molecule has 0 saturated heterocycles. The Morgan fingerprint density at radius 3 is 1.78 bits per heavy atom. The highest BCUT2D eigenvalue weighted by Gasteiger charge is 2.27. The molecule has 0 saturated carbocycles. The molecule has 1 N–H and O–H groups in total. The molecule has 1 aromatic heterocycles. The molecule has 2 aromatic rings. The molecule has 0 fully saturated rings. The lowest BCUT2D eigenvalue weighted by molar-refractivity contribution is 0.423. The summed E-state index contributed by atoms with van der Waals surface area (Å²) in [5.74, 6) is 0.414. The third-order valence-corrected chi connectivity index (χ3v) is 4.90. The summed E-state index contributed by atoms with van der Waals surface area (Å²) < 4.78 is 0. The normalized spacial score (nSPS) is 12.5. The lowest BCUT2D eigenvalue weighted by atomic mass is 9.78. The van der Waals surface area contributed by atoms with E-state index in [-0.39, 0.29) is 10.8 Å². The topological polar surface area (TPSA) is 36.4 Å². The third-order valence-electron chi connectivity index (χ3n) is 3.90. The van der Waals surface area contributed by atoms with Crippen LogP contribution in [0.1, 0.15) is 52.7 Å². The number of rotatable bonds is 2. The molecule has 0 unspecified atom stereocenters. The molecule has 0 spiro atoms. The van der Waals surface area contributed by atoms with Gasteiger partial charge in [-0.1, -0.05) is 41.5 Å². The minimum absolute atomic E-state index is 0.125. The summed E-state index contributed by atoms with van der Waals surface area (Å²) in [5.41, 5.74) is 3.73. The lowest BCUT2D eigenvalue weighted by Crippen LogP contribution is -2.17. The van der Waals surface area contributed by atoms with E-state index in [4.69, 9.17) is 4.98 Å². The van der Waals surface area contributed by atoms with E-state index >= 15 is 0 Å². The maximum absolute atomic E-state index is 10.8. The van der Waals surface area contributed by atoms with Crippen molar-refractivity contribution in [1.29, 1.82) is 0 Å². The summed E-state index contributed by atoms with van der Waals surface area (Å²) in [4.78, 5) is 6.74. The SMILES string of the molecule is CN(C)c1nc(-c2cc(C(C)(C)C)c(O)c(C(C)(C)C)c2)cs1. The summed E-state index contributed by atoms with van der Waals surface area (Å²) in [5, 5.41) is 13.9. The van der Waals surface area contributed by atoms with E-state index in [2.05, 4.69) is 59.1 Å². The number of thiazole rings is 1. The standard InChI is InChI=1S/C19H28N2OS/c1-18(2,3)13-9-12(10-14(16(13)22)19(4,5)6)15-11-23-17(20-15)21(7)8/h9-11,22H,1-8H3. The molecular formula is C19H28N2OS. The Balaban J connectivity index is 2.68. The fourth-order valence-electron chi connectivity index (χ4n) is 2.53. The summed E-state index contributed by atoms with van der Waals surface area (Å²) >= 11 is 1.64. The second kappa shape index (κ2) is 5.82. The minimum Gasteiger partial charge on any atom is -0.507 e. The molecule has 0 atom stereocenters. The summed E-state index contributed by atoms with van der Waals surface area (Å²) in [7, 11) is 4.00. The zero-order valence-corrected chi connectivity index (χ0v) is 16.3. The Hall–Kier alpha value is -1.55. The minimum atomic E-state index is -0.125. The van der Waals surface area contributed by atoms with Crippen molar-refractivity contribution in [3.63, 3.8) is 0 Å². The van der Waals surface area contributed by atoms with Crippen LogP contribution in [0.4, 0.5) is 5.13 Å². The van der Waals surface area contributed by atoms with Crippen LogP contribution in [0.5, 0.6) is 5.75 Å². The number of phenolic OH excluding ortho intramolecular Hbond substituents is 1. The fourth-order valence-corrected chi connectivity index (χ4v) is 3.30. The molecule has 0 aliphatic heterocycles. The number of aromatic nitrogens is 1. The van der Waals surface area contributed by atoms with E-state index in [1.807, 2.05) is 19.0 Å². The lowest BCUT2D eigenvalue weighted by Gasteiger charge is -2.28. The summed E-state index contributed by atoms with van der Waals surface area (Å²) in [6.45, 7) is 12.8. The smallest absolute Gasteiger partial charge is 0.185 e. The summed E-state index contributed by atoms with van der Waals surface area (Å²) in [6, 6.07) is 4.16. The predicted octanol–water partition coefficient (Wildman–Crippen LogP) is 5.18. The van der Waals surface area contributed by atoms with E-state index in [0.717, 1.165) is 27.5 Å². The van der Waals surface area contributed by atoms with Gasteiger partial charge in [-0.25, -0.2) is 4.98 Å². The average molecular weight is 333 g/mol. The molecular weight excluding hydrogens is 304 g/mol. The molecule has 1 aromatic carbocycles. The Labute approximate surface area is 144 Å². The highest BCUT2D eigenvalue weighted by atomic mass is 32.1. The van der Waals surface area contributed by atoms with Crippen LogP contribution in [0, 0.1) is 0 Å². The average Bonchev–Trinajstić information content (AvgIpc) is 2.85. The number of aromatic hydroxyl groups is 1. The van der Waals surface area contributed by atoms with Gasteiger partial charge in [-0.3, -0.25) is 0 Å². The Bertz CT molecular complexity index is 668. The number of hydrogen-bond donors (Lipinski definition) is 1. The van der Waals surface area contributed by atoms with Gasteiger partial charge in [0.05, 0.1) is 5.69 Å². The highest BCUT2D eigenvalue weighted by Crippen LogP contribution is 2.42. The van der Waals surface area contributed by atoms with Gasteiger partial charge >= 0.3 is 0 Å². The van der Waals surface area contributed by atoms with Crippen molar-refractivity contribution in [2.75, 3.05) is 19.0 Å². The van der Waals surface area contributed by atoms with Gasteiger partial charge in [-0.05, 0) is 23.0 Å². The first-order valence-electron chi connectivity index (χ1n) is 7.92. The van der Waals surface area contributed by atoms with Crippen LogP contribution in [0.3, 0.4) is 0 Å². The molecule has 1 heterocycles. The number of hydrogen-bond acceptors (Lipinski definition) is 4. The van der Waals surface area contributed by atoms with E-state index in [0.29, 0.717) is 5.75 Å². The Kier molecular flexibility index (Phi) is 4.51. The van der Waals surface area contributed by atoms with Crippen LogP contribution < -0.4 is 4.90 Å². The van der Waals surface area contributed by atoms with Crippen LogP contribution in [0.25, 0.3) is 11.3 Å². The second-order valence-electron chi connectivity index (χ2n) is 8.33. The molecule has 0 amide bonds. The molecule has 23 heavy (non-hydrogen) atoms. The van der Waals surface area contributed by atoms with Crippen LogP contribution in [-0.2, 0) is 10.8 Å². The van der Waals surface area contributed by atoms with Crippen molar-refractivity contribution in [3.8, 4) is 17.0 Å². The fraction of sp³-hybridized carbons (Fsp3) is 0.526. The number of anilines is 1. The van der Waals surface area contributed by atoms with Crippen molar-refractivity contribution >= 4 is 16.5 Å². The van der Waals surface area contributed by atoms with Gasteiger partial charge in [0.1, 0.15) is 5.75 Å². The molecule has 4 heteroatoms. The quantitative estimate of drug-likeness (QED) is 0.823. The maximum atomic E-state index is 10.8. The van der Waals surface area contributed by atoms with Gasteiger partial charge in [0, 0.05) is 36.2 Å². The first-order valence-corrected chi connectivity index (χ1v) is 8.80. The van der Waals surface area contributed by atoms with Crippen molar-refractivity contribution in [3.05, 3.63) is 28.6 Å². The van der Waals surface area contributed by atoms with Crippen LogP contribution in [0.15, 0.2) is 17.5 Å². The van der Waals surface area contributed by atoms with Gasteiger partial charge in [-0.2, -0.15) is 0 Å². The first-order chi connectivity index (χ1) is 10.4. The molecule has 2 rings (SSSR count). The Morgan fingerprint density at radius 1 is 0.957 bits per heavy atom. The zero-order valence-electron chi connectivity index (χ0n) is 15.5. The summed E-state index contributed by atoms with van der Waals surface area (Å²) in [6.07, 6.45) is 0. The van der Waals surface area contributed by atoms with Gasteiger partial charge < -0.3 is 10.0 Å². The van der Waals surface area contributed by atoms with Crippen LogP contribution in [-0.4, -0.2) is 24.2 Å². The zero-order chi connectivity index (χ0) is 17.6. The van der Waals surface area contributed by atoms with Gasteiger partial charge in [0.15, 0.2) is 5.13 Å². The Morgan fingerprint density at radius 2 is 1.43 bits per heavy atom. The molecule has 0 aliphatic rings. The second-order valence-corrected chi connectivity index (χ2v) is 9.17. The predicted molar refractivity (Wildman–Crippen MR) is 101 cm³/mol. The van der Waals surface area contributed by atoms with Gasteiger partial charge in [0.25, 0.3) is 0 Å². The van der Waals surface area contributed by atoms with Crippen LogP contribution in [0.2, 0.25) is 0 Å². The molecule has 126 valence electrons. The largest absolute Gasteiger partial charge is 0.507 e. The van der Waals surface area contributed by atoms with Crippen LogP contribution >= 0.6 is 11.3 Å². The molecule has 0 aliphatic carbocycles. The molecule has 0 bridgehead atoms. The number of phenols is 1.